The van der Waals surface area contributed by atoms with Crippen molar-refractivity contribution in [2.75, 3.05) is 5.32 Å². The molecule has 8 nitrogen and oxygen atoms in total. The first kappa shape index (κ1) is 19.3. The van der Waals surface area contributed by atoms with Gasteiger partial charge in [0.1, 0.15) is 5.58 Å². The van der Waals surface area contributed by atoms with E-state index in [-0.39, 0.29) is 11.8 Å². The van der Waals surface area contributed by atoms with Crippen LogP contribution in [-0.4, -0.2) is 36.5 Å². The van der Waals surface area contributed by atoms with Crippen molar-refractivity contribution in [2.24, 2.45) is 0 Å². The smallest absolute Gasteiger partial charge is 0.319 e. The number of benzene rings is 1. The Bertz CT molecular complexity index is 1120. The van der Waals surface area contributed by atoms with Crippen molar-refractivity contribution in [3.8, 4) is 0 Å². The topological polar surface area (TPSA) is 102 Å². The van der Waals surface area contributed by atoms with Crippen LogP contribution in [0.5, 0.6) is 0 Å². The average molecular weight is 454 g/mol. The summed E-state index contributed by atoms with van der Waals surface area (Å²) < 4.78 is 42.3. The number of urea groups is 1. The molecule has 31 heavy (non-hydrogen) atoms. The second-order valence-electron chi connectivity index (χ2n) is 8.45. The number of anilines is 1. The van der Waals surface area contributed by atoms with Gasteiger partial charge in [0.05, 0.1) is 16.2 Å². The molecule has 2 aliphatic carbocycles. The Labute approximate surface area is 179 Å². The summed E-state index contributed by atoms with van der Waals surface area (Å²) in [5.41, 5.74) is 1.02. The van der Waals surface area contributed by atoms with Crippen LogP contribution in [0.15, 0.2) is 16.5 Å². The van der Waals surface area contributed by atoms with E-state index in [9.17, 15) is 18.4 Å². The fourth-order valence-electron chi connectivity index (χ4n) is 4.94. The van der Waals surface area contributed by atoms with Gasteiger partial charge in [-0.15, -0.1) is 0 Å². The number of ether oxygens (including phenoxy) is 2. The molecule has 3 amide bonds. The van der Waals surface area contributed by atoms with E-state index < -0.39 is 36.0 Å². The Morgan fingerprint density at radius 1 is 1.16 bits per heavy atom. The largest absolute Gasteiger partial charge is 0.450 e. The van der Waals surface area contributed by atoms with Gasteiger partial charge in [-0.25, -0.2) is 13.6 Å². The van der Waals surface area contributed by atoms with Gasteiger partial charge in [0.25, 0.3) is 5.91 Å². The molecule has 3 N–H and O–H groups in total. The van der Waals surface area contributed by atoms with Gasteiger partial charge in [0, 0.05) is 10.9 Å². The van der Waals surface area contributed by atoms with E-state index in [1.165, 1.54) is 6.07 Å². The Morgan fingerprint density at radius 3 is 2.58 bits per heavy atom. The van der Waals surface area contributed by atoms with Gasteiger partial charge in [-0.2, -0.15) is 0 Å². The number of alkyl halides is 2. The molecule has 3 heterocycles. The summed E-state index contributed by atoms with van der Waals surface area (Å²) in [6, 6.07) is 2.82. The Hall–Kier alpha value is -2.43. The summed E-state index contributed by atoms with van der Waals surface area (Å²) >= 11 is 6.47. The van der Waals surface area contributed by atoms with E-state index in [2.05, 4.69) is 16.0 Å². The fraction of sp³-hybridized carbons (Fsp3) is 0.500. The van der Waals surface area contributed by atoms with E-state index in [1.807, 2.05) is 0 Å². The maximum Gasteiger partial charge on any atom is 0.319 e. The zero-order valence-electron chi connectivity index (χ0n) is 16.1. The number of rotatable bonds is 2. The lowest BCUT2D eigenvalue weighted by atomic mass is 9.74. The van der Waals surface area contributed by atoms with Crippen LogP contribution in [0.4, 0.5) is 19.3 Å². The molecule has 2 saturated carbocycles. The SMILES string of the molecule is O=C1Nc2c(Cl)cc3cc(C(=O)NC4O[C@@H]5[C@H](O4)C5(F)F)oc3c2C2(CCCCC2)N1. The molecular formula is C20H18ClF2N3O5. The number of furan rings is 1. The van der Waals surface area contributed by atoms with E-state index in [4.69, 9.17) is 25.5 Å². The normalized spacial score (nSPS) is 29.8. The predicted molar refractivity (Wildman–Crippen MR) is 104 cm³/mol. The molecule has 2 aliphatic heterocycles. The first-order valence-corrected chi connectivity index (χ1v) is 10.5. The number of hydrogen-bond acceptors (Lipinski definition) is 5. The molecule has 1 saturated heterocycles. The molecule has 0 bridgehead atoms. The van der Waals surface area contributed by atoms with Gasteiger partial charge >= 0.3 is 12.0 Å². The molecule has 1 unspecified atom stereocenters. The highest BCUT2D eigenvalue weighted by molar-refractivity contribution is 6.35. The number of carbonyl (C=O) groups is 2. The molecule has 1 aromatic heterocycles. The second kappa shape index (κ2) is 6.30. The van der Waals surface area contributed by atoms with E-state index in [0.29, 0.717) is 21.7 Å². The van der Waals surface area contributed by atoms with Crippen molar-refractivity contribution in [3.05, 3.63) is 28.5 Å². The van der Waals surface area contributed by atoms with Gasteiger partial charge in [-0.1, -0.05) is 30.9 Å². The predicted octanol–water partition coefficient (Wildman–Crippen LogP) is 3.83. The van der Waals surface area contributed by atoms with Crippen molar-refractivity contribution < 1.29 is 32.3 Å². The third-order valence-corrected chi connectivity index (χ3v) is 6.77. The van der Waals surface area contributed by atoms with Crippen molar-refractivity contribution >= 4 is 40.2 Å². The number of fused-ring (bicyclic) bond motifs is 5. The number of carbonyl (C=O) groups excluding carboxylic acids is 2. The molecule has 3 fully saturated rings. The summed E-state index contributed by atoms with van der Waals surface area (Å²) in [5.74, 6) is -3.72. The van der Waals surface area contributed by atoms with Crippen LogP contribution in [0, 0.1) is 0 Å². The van der Waals surface area contributed by atoms with Gasteiger partial charge in [-0.3, -0.25) is 4.79 Å². The van der Waals surface area contributed by atoms with Crippen LogP contribution < -0.4 is 16.0 Å². The van der Waals surface area contributed by atoms with Crippen molar-refractivity contribution in [1.29, 1.82) is 0 Å². The summed E-state index contributed by atoms with van der Waals surface area (Å²) in [6.07, 6.45) is 0.463. The summed E-state index contributed by atoms with van der Waals surface area (Å²) in [4.78, 5) is 25.0. The maximum absolute atomic E-state index is 13.2. The fourth-order valence-corrected chi connectivity index (χ4v) is 5.20. The van der Waals surface area contributed by atoms with E-state index in [1.54, 1.807) is 6.07 Å². The minimum absolute atomic E-state index is 0.0399. The minimum atomic E-state index is -3.01. The van der Waals surface area contributed by atoms with Crippen LogP contribution in [-0.2, 0) is 15.0 Å². The summed E-state index contributed by atoms with van der Waals surface area (Å²) in [6.45, 7) is 0. The first-order valence-electron chi connectivity index (χ1n) is 10.1. The highest BCUT2D eigenvalue weighted by Gasteiger charge is 2.76. The van der Waals surface area contributed by atoms with Crippen molar-refractivity contribution in [2.45, 2.75) is 62.2 Å². The Kier molecular flexibility index (Phi) is 3.92. The average Bonchev–Trinajstić information content (AvgIpc) is 3.13. The zero-order valence-corrected chi connectivity index (χ0v) is 16.9. The quantitative estimate of drug-likeness (QED) is 0.641. The molecule has 164 valence electrons. The third kappa shape index (κ3) is 2.78. The van der Waals surface area contributed by atoms with Crippen molar-refractivity contribution in [3.63, 3.8) is 0 Å². The van der Waals surface area contributed by atoms with Crippen LogP contribution in [0.25, 0.3) is 11.0 Å². The highest BCUT2D eigenvalue weighted by atomic mass is 35.5. The highest BCUT2D eigenvalue weighted by Crippen LogP contribution is 2.52. The third-order valence-electron chi connectivity index (χ3n) is 6.47. The molecule has 4 aliphatic rings. The number of amides is 3. The summed E-state index contributed by atoms with van der Waals surface area (Å²) in [5, 5.41) is 9.14. The molecular weight excluding hydrogens is 436 g/mol. The number of hydrogen-bond donors (Lipinski definition) is 3. The van der Waals surface area contributed by atoms with Gasteiger partial charge < -0.3 is 29.8 Å². The van der Waals surface area contributed by atoms with Crippen LogP contribution in [0.1, 0.15) is 48.2 Å². The standard InChI is InChI=1S/C20H18ClF2N3O5/c21-9-6-8-7-10(16(27)25-18-30-14-15(31-18)20(14,22)23)29-13(8)11-12(9)24-17(28)26-19(11)4-2-1-3-5-19/h6-7,14-15,18H,1-5H2,(H,25,27)(H2,24,26,28)/t14-,15+,18?. The lowest BCUT2D eigenvalue weighted by Crippen LogP contribution is -2.52. The van der Waals surface area contributed by atoms with Crippen LogP contribution in [0.3, 0.4) is 0 Å². The molecule has 0 radical (unpaired) electrons. The molecule has 6 rings (SSSR count). The number of halogens is 3. The number of nitrogens with one attached hydrogen (secondary N) is 3. The molecule has 2 aromatic rings. The van der Waals surface area contributed by atoms with Crippen LogP contribution in [0.2, 0.25) is 5.02 Å². The van der Waals surface area contributed by atoms with E-state index >= 15 is 0 Å². The van der Waals surface area contributed by atoms with Gasteiger partial charge in [0.2, 0.25) is 6.41 Å². The second-order valence-corrected chi connectivity index (χ2v) is 8.86. The minimum Gasteiger partial charge on any atom is -0.450 e. The Morgan fingerprint density at radius 2 is 1.87 bits per heavy atom. The van der Waals surface area contributed by atoms with Crippen molar-refractivity contribution in [1.82, 2.24) is 10.6 Å². The summed E-state index contributed by atoms with van der Waals surface area (Å²) in [7, 11) is 0. The lowest BCUT2D eigenvalue weighted by Gasteiger charge is -2.42. The molecule has 11 heteroatoms. The maximum atomic E-state index is 13.2. The first-order chi connectivity index (χ1) is 14.8. The van der Waals surface area contributed by atoms with Gasteiger partial charge in [-0.05, 0) is 25.0 Å². The van der Waals surface area contributed by atoms with Crippen LogP contribution >= 0.6 is 11.6 Å². The lowest BCUT2D eigenvalue weighted by molar-refractivity contribution is -0.164. The van der Waals surface area contributed by atoms with E-state index in [0.717, 1.165) is 37.7 Å². The monoisotopic (exact) mass is 453 g/mol. The molecule has 3 atom stereocenters. The molecule has 1 aromatic carbocycles. The Balaban J connectivity index is 1.35. The molecule has 1 spiro atoms. The van der Waals surface area contributed by atoms with Gasteiger partial charge in [0.15, 0.2) is 18.0 Å². The zero-order chi connectivity index (χ0) is 21.5.